The Hall–Kier alpha value is -1.16. The molecule has 1 aromatic rings. The molecule has 3 rings (SSSR count). The van der Waals surface area contributed by atoms with Gasteiger partial charge in [0.2, 0.25) is 0 Å². The van der Waals surface area contributed by atoms with Gasteiger partial charge in [0.15, 0.2) is 0 Å². The number of fused-ring (bicyclic) bond motifs is 1. The van der Waals surface area contributed by atoms with E-state index in [1.165, 1.54) is 0 Å². The van der Waals surface area contributed by atoms with E-state index in [4.69, 9.17) is 0 Å². The maximum Gasteiger partial charge on any atom is 0.147 e. The van der Waals surface area contributed by atoms with Gasteiger partial charge in [0.05, 0.1) is 12.3 Å². The number of hydrogen-bond acceptors (Lipinski definition) is 4. The zero-order chi connectivity index (χ0) is 10.3. The van der Waals surface area contributed by atoms with Crippen LogP contribution in [0, 0.1) is 11.8 Å². The summed E-state index contributed by atoms with van der Waals surface area (Å²) in [6.45, 7) is 1.96. The second kappa shape index (κ2) is 3.45. The zero-order valence-corrected chi connectivity index (χ0v) is 8.58. The van der Waals surface area contributed by atoms with E-state index in [0.29, 0.717) is 11.8 Å². The monoisotopic (exact) mass is 205 g/mol. The highest BCUT2D eigenvalue weighted by atomic mass is 16.3. The Balaban J connectivity index is 1.77. The Morgan fingerprint density at radius 2 is 2.20 bits per heavy atom. The largest absolute Gasteiger partial charge is 0.393 e. The topological polar surface area (TPSA) is 49.2 Å². The molecule has 0 bridgehead atoms. The van der Waals surface area contributed by atoms with E-state index in [9.17, 15) is 5.11 Å². The highest BCUT2D eigenvalue weighted by Crippen LogP contribution is 2.39. The first-order valence-electron chi connectivity index (χ1n) is 5.53. The fourth-order valence-electron chi connectivity index (χ4n) is 2.88. The summed E-state index contributed by atoms with van der Waals surface area (Å²) in [5.74, 6) is 2.05. The summed E-state index contributed by atoms with van der Waals surface area (Å²) in [5, 5.41) is 9.80. The van der Waals surface area contributed by atoms with Crippen LogP contribution in [0.4, 0.5) is 5.82 Å². The van der Waals surface area contributed by atoms with E-state index in [0.717, 1.165) is 31.7 Å². The summed E-state index contributed by atoms with van der Waals surface area (Å²) in [6.07, 6.45) is 7.24. The molecule has 2 fully saturated rings. The summed E-state index contributed by atoms with van der Waals surface area (Å²) >= 11 is 0. The zero-order valence-electron chi connectivity index (χ0n) is 8.58. The van der Waals surface area contributed by atoms with Crippen molar-refractivity contribution in [3.63, 3.8) is 0 Å². The number of anilines is 1. The summed E-state index contributed by atoms with van der Waals surface area (Å²) in [6, 6.07) is 0. The highest BCUT2D eigenvalue weighted by molar-refractivity contribution is 5.37. The van der Waals surface area contributed by atoms with Gasteiger partial charge >= 0.3 is 0 Å². The van der Waals surface area contributed by atoms with E-state index in [1.807, 2.05) is 0 Å². The summed E-state index contributed by atoms with van der Waals surface area (Å²) in [7, 11) is 0. The van der Waals surface area contributed by atoms with Crippen LogP contribution < -0.4 is 4.90 Å². The first kappa shape index (κ1) is 9.09. The Kier molecular flexibility index (Phi) is 2.09. The lowest BCUT2D eigenvalue weighted by Crippen LogP contribution is -2.25. The third-order valence-electron chi connectivity index (χ3n) is 3.69. The summed E-state index contributed by atoms with van der Waals surface area (Å²) in [4.78, 5) is 10.6. The van der Waals surface area contributed by atoms with Crippen molar-refractivity contribution in [2.24, 2.45) is 11.8 Å². The van der Waals surface area contributed by atoms with Crippen LogP contribution in [0.15, 0.2) is 18.6 Å². The summed E-state index contributed by atoms with van der Waals surface area (Å²) in [5.41, 5.74) is 0. The minimum atomic E-state index is -0.100. The van der Waals surface area contributed by atoms with E-state index >= 15 is 0 Å². The molecule has 1 aliphatic heterocycles. The van der Waals surface area contributed by atoms with Crippen molar-refractivity contribution in [2.75, 3.05) is 18.0 Å². The van der Waals surface area contributed by atoms with Crippen LogP contribution in [-0.4, -0.2) is 34.3 Å². The molecule has 0 radical (unpaired) electrons. The Bertz CT molecular complexity index is 343. The molecule has 4 heteroatoms. The SMILES string of the molecule is OC1CCC2CN(c3cnccn3)CC12. The maximum absolute atomic E-state index is 9.80. The van der Waals surface area contributed by atoms with Crippen molar-refractivity contribution in [2.45, 2.75) is 18.9 Å². The van der Waals surface area contributed by atoms with Gasteiger partial charge in [-0.2, -0.15) is 0 Å². The molecular formula is C11H15N3O. The smallest absolute Gasteiger partial charge is 0.147 e. The van der Waals surface area contributed by atoms with E-state index < -0.39 is 0 Å². The standard InChI is InChI=1S/C11H15N3O/c15-10-2-1-8-6-14(7-9(8)10)11-5-12-3-4-13-11/h3-5,8-10,15H,1-2,6-7H2. The average molecular weight is 205 g/mol. The van der Waals surface area contributed by atoms with Gasteiger partial charge in [-0.25, -0.2) is 4.98 Å². The Morgan fingerprint density at radius 1 is 1.27 bits per heavy atom. The lowest BCUT2D eigenvalue weighted by Gasteiger charge is -2.18. The lowest BCUT2D eigenvalue weighted by molar-refractivity contribution is 0.133. The van der Waals surface area contributed by atoms with Crippen molar-refractivity contribution in [1.82, 2.24) is 9.97 Å². The number of hydrogen-bond donors (Lipinski definition) is 1. The molecule has 3 atom stereocenters. The van der Waals surface area contributed by atoms with Gasteiger partial charge in [0.25, 0.3) is 0 Å². The van der Waals surface area contributed by atoms with Crippen molar-refractivity contribution in [3.05, 3.63) is 18.6 Å². The molecule has 0 amide bonds. The van der Waals surface area contributed by atoms with Gasteiger partial charge in [0, 0.05) is 31.4 Å². The van der Waals surface area contributed by atoms with Gasteiger partial charge in [-0.3, -0.25) is 4.98 Å². The average Bonchev–Trinajstić information content (AvgIpc) is 2.83. The Morgan fingerprint density at radius 3 is 2.93 bits per heavy atom. The molecule has 0 aromatic carbocycles. The normalized spacial score (nSPS) is 34.5. The minimum absolute atomic E-state index is 0.100. The molecular weight excluding hydrogens is 190 g/mol. The molecule has 1 aliphatic carbocycles. The molecule has 1 aromatic heterocycles. The second-order valence-corrected chi connectivity index (χ2v) is 4.54. The van der Waals surface area contributed by atoms with Crippen LogP contribution in [0.3, 0.4) is 0 Å². The van der Waals surface area contributed by atoms with Gasteiger partial charge in [-0.15, -0.1) is 0 Å². The number of rotatable bonds is 1. The highest BCUT2D eigenvalue weighted by Gasteiger charge is 2.42. The molecule has 1 saturated carbocycles. The quantitative estimate of drug-likeness (QED) is 0.732. The van der Waals surface area contributed by atoms with Gasteiger partial charge < -0.3 is 10.0 Å². The fourth-order valence-corrected chi connectivity index (χ4v) is 2.88. The molecule has 0 spiro atoms. The molecule has 2 aliphatic rings. The van der Waals surface area contributed by atoms with Gasteiger partial charge in [-0.05, 0) is 18.8 Å². The molecule has 1 N–H and O–H groups in total. The van der Waals surface area contributed by atoms with Crippen LogP contribution in [0.2, 0.25) is 0 Å². The first-order chi connectivity index (χ1) is 7.34. The van der Waals surface area contributed by atoms with E-state index in [1.54, 1.807) is 18.6 Å². The Labute approximate surface area is 89.0 Å². The third-order valence-corrected chi connectivity index (χ3v) is 3.69. The van der Waals surface area contributed by atoms with Crippen LogP contribution in [0.1, 0.15) is 12.8 Å². The lowest BCUT2D eigenvalue weighted by atomic mass is 10.00. The molecule has 2 heterocycles. The minimum Gasteiger partial charge on any atom is -0.393 e. The third kappa shape index (κ3) is 1.49. The fraction of sp³-hybridized carbons (Fsp3) is 0.636. The van der Waals surface area contributed by atoms with Gasteiger partial charge in [-0.1, -0.05) is 0 Å². The predicted octanol–water partition coefficient (Wildman–Crippen LogP) is 0.684. The molecule has 3 unspecified atom stereocenters. The van der Waals surface area contributed by atoms with Crippen molar-refractivity contribution < 1.29 is 5.11 Å². The van der Waals surface area contributed by atoms with E-state index in [2.05, 4.69) is 14.9 Å². The second-order valence-electron chi connectivity index (χ2n) is 4.54. The molecule has 80 valence electrons. The van der Waals surface area contributed by atoms with Crippen LogP contribution in [0.5, 0.6) is 0 Å². The van der Waals surface area contributed by atoms with E-state index in [-0.39, 0.29) is 6.10 Å². The van der Waals surface area contributed by atoms with Crippen LogP contribution >= 0.6 is 0 Å². The predicted molar refractivity (Wildman–Crippen MR) is 56.5 cm³/mol. The molecule has 4 nitrogen and oxygen atoms in total. The number of aliphatic hydroxyl groups is 1. The number of nitrogens with zero attached hydrogens (tertiary/aromatic N) is 3. The van der Waals surface area contributed by atoms with Crippen LogP contribution in [-0.2, 0) is 0 Å². The first-order valence-corrected chi connectivity index (χ1v) is 5.53. The summed E-state index contributed by atoms with van der Waals surface area (Å²) < 4.78 is 0. The number of aliphatic hydroxyl groups excluding tert-OH is 1. The number of aromatic nitrogens is 2. The molecule has 1 saturated heterocycles. The molecule has 15 heavy (non-hydrogen) atoms. The van der Waals surface area contributed by atoms with Gasteiger partial charge in [0.1, 0.15) is 5.82 Å². The maximum atomic E-state index is 9.80. The van der Waals surface area contributed by atoms with Crippen LogP contribution in [0.25, 0.3) is 0 Å². The van der Waals surface area contributed by atoms with Crippen molar-refractivity contribution in [1.29, 1.82) is 0 Å². The van der Waals surface area contributed by atoms with Crippen molar-refractivity contribution >= 4 is 5.82 Å². The van der Waals surface area contributed by atoms with Crippen molar-refractivity contribution in [3.8, 4) is 0 Å².